The summed E-state index contributed by atoms with van der Waals surface area (Å²) < 4.78 is 11.5. The molecule has 0 heterocycles. The second-order valence-electron chi connectivity index (χ2n) is 1.01. The van der Waals surface area contributed by atoms with E-state index in [1.165, 1.54) is 6.92 Å². The standard InChI is InChI=1S/C5H7F/c1-3-4-5(2)6/h5H,1-2H3. The van der Waals surface area contributed by atoms with Gasteiger partial charge < -0.3 is 0 Å². The highest BCUT2D eigenvalue weighted by molar-refractivity contribution is 4.99. The lowest BCUT2D eigenvalue weighted by Crippen LogP contribution is -1.81. The van der Waals surface area contributed by atoms with Gasteiger partial charge in [0.05, 0.1) is 0 Å². The second-order valence-corrected chi connectivity index (χ2v) is 1.01. The van der Waals surface area contributed by atoms with Crippen LogP contribution in [-0.4, -0.2) is 6.17 Å². The van der Waals surface area contributed by atoms with Gasteiger partial charge in [-0.3, -0.25) is 0 Å². The predicted octanol–water partition coefficient (Wildman–Crippen LogP) is 1.37. The van der Waals surface area contributed by atoms with Crippen molar-refractivity contribution in [2.24, 2.45) is 0 Å². The molecule has 0 spiro atoms. The Morgan fingerprint density at radius 2 is 2.17 bits per heavy atom. The molecule has 0 aromatic rings. The van der Waals surface area contributed by atoms with Crippen LogP contribution in [0.1, 0.15) is 13.8 Å². The van der Waals surface area contributed by atoms with Crippen LogP contribution in [0.3, 0.4) is 0 Å². The Kier molecular flexibility index (Phi) is 2.48. The molecule has 34 valence electrons. The molecule has 0 rings (SSSR count). The molecule has 0 saturated carbocycles. The molecule has 0 aliphatic rings. The number of hydrogen-bond acceptors (Lipinski definition) is 0. The van der Waals surface area contributed by atoms with Crippen LogP contribution in [-0.2, 0) is 0 Å². The lowest BCUT2D eigenvalue weighted by molar-refractivity contribution is 0.443. The van der Waals surface area contributed by atoms with Crippen molar-refractivity contribution in [1.29, 1.82) is 0 Å². The fourth-order valence-electron chi connectivity index (χ4n) is 0.199. The summed E-state index contributed by atoms with van der Waals surface area (Å²) in [5, 5.41) is 0. The summed E-state index contributed by atoms with van der Waals surface area (Å²) in [5.74, 6) is 4.73. The van der Waals surface area contributed by atoms with Crippen LogP contribution >= 0.6 is 0 Å². The monoisotopic (exact) mass is 86.1 g/mol. The van der Waals surface area contributed by atoms with E-state index in [-0.39, 0.29) is 0 Å². The zero-order chi connectivity index (χ0) is 4.99. The van der Waals surface area contributed by atoms with Crippen LogP contribution in [0.15, 0.2) is 0 Å². The van der Waals surface area contributed by atoms with Gasteiger partial charge in [-0.25, -0.2) is 4.39 Å². The smallest absolute Gasteiger partial charge is 0.157 e. The molecule has 0 saturated heterocycles. The average Bonchev–Trinajstić information content (AvgIpc) is 1.35. The average molecular weight is 86.1 g/mol. The predicted molar refractivity (Wildman–Crippen MR) is 24.0 cm³/mol. The Labute approximate surface area is 37.4 Å². The highest BCUT2D eigenvalue weighted by Gasteiger charge is 1.81. The summed E-state index contributed by atoms with van der Waals surface area (Å²) in [6.07, 6.45) is -0.963. The van der Waals surface area contributed by atoms with Crippen molar-refractivity contribution in [2.45, 2.75) is 20.0 Å². The first-order valence-electron chi connectivity index (χ1n) is 1.83. The van der Waals surface area contributed by atoms with E-state index in [4.69, 9.17) is 0 Å². The molecule has 1 unspecified atom stereocenters. The minimum Gasteiger partial charge on any atom is -0.234 e. The van der Waals surface area contributed by atoms with Crippen molar-refractivity contribution in [2.75, 3.05) is 0 Å². The third kappa shape index (κ3) is 3.49. The third-order valence-electron chi connectivity index (χ3n) is 0.343. The molecule has 6 heavy (non-hydrogen) atoms. The van der Waals surface area contributed by atoms with E-state index in [2.05, 4.69) is 11.8 Å². The van der Waals surface area contributed by atoms with E-state index in [0.717, 1.165) is 0 Å². The van der Waals surface area contributed by atoms with Gasteiger partial charge in [0.2, 0.25) is 0 Å². The molecule has 0 amide bonds. The Hall–Kier alpha value is -0.510. The van der Waals surface area contributed by atoms with Crippen molar-refractivity contribution >= 4 is 0 Å². The molecule has 0 aromatic heterocycles. The lowest BCUT2D eigenvalue weighted by Gasteiger charge is -1.77. The molecule has 0 radical (unpaired) electrons. The van der Waals surface area contributed by atoms with Crippen molar-refractivity contribution in [3.63, 3.8) is 0 Å². The normalized spacial score (nSPS) is 11.8. The maximum absolute atomic E-state index is 11.5. The molecule has 0 bridgehead atoms. The molecule has 0 aromatic carbocycles. The minimum absolute atomic E-state index is 0.963. The van der Waals surface area contributed by atoms with E-state index in [9.17, 15) is 4.39 Å². The van der Waals surface area contributed by atoms with E-state index >= 15 is 0 Å². The van der Waals surface area contributed by atoms with Crippen LogP contribution in [0.5, 0.6) is 0 Å². The van der Waals surface area contributed by atoms with E-state index in [1.54, 1.807) is 6.92 Å². The molecule has 1 heteroatoms. The first kappa shape index (κ1) is 5.49. The quantitative estimate of drug-likeness (QED) is 0.390. The topological polar surface area (TPSA) is 0 Å². The molecule has 0 aliphatic heterocycles. The van der Waals surface area contributed by atoms with Crippen LogP contribution in [0.4, 0.5) is 4.39 Å². The number of alkyl halides is 1. The SMILES string of the molecule is CC#CC(C)F. The van der Waals surface area contributed by atoms with Gasteiger partial charge in [-0.2, -0.15) is 0 Å². The van der Waals surface area contributed by atoms with Gasteiger partial charge in [0.15, 0.2) is 6.17 Å². The summed E-state index contributed by atoms with van der Waals surface area (Å²) in [6.45, 7) is 3.03. The first-order valence-corrected chi connectivity index (χ1v) is 1.83. The van der Waals surface area contributed by atoms with Gasteiger partial charge in [-0.15, -0.1) is 5.92 Å². The summed E-state index contributed by atoms with van der Waals surface area (Å²) in [6, 6.07) is 0. The van der Waals surface area contributed by atoms with Crippen LogP contribution in [0.2, 0.25) is 0 Å². The maximum atomic E-state index is 11.5. The van der Waals surface area contributed by atoms with Crippen LogP contribution < -0.4 is 0 Å². The van der Waals surface area contributed by atoms with Crippen molar-refractivity contribution in [3.05, 3.63) is 0 Å². The van der Waals surface area contributed by atoms with E-state index in [1.807, 2.05) is 0 Å². The van der Waals surface area contributed by atoms with Gasteiger partial charge in [-0.1, -0.05) is 5.92 Å². The molecule has 0 N–H and O–H groups in total. The molecular weight excluding hydrogens is 79.1 g/mol. The molecule has 1 atom stereocenters. The fourth-order valence-corrected chi connectivity index (χ4v) is 0.199. The van der Waals surface area contributed by atoms with Gasteiger partial charge >= 0.3 is 0 Å². The lowest BCUT2D eigenvalue weighted by atomic mass is 10.4. The summed E-state index contributed by atoms with van der Waals surface area (Å²) in [7, 11) is 0. The van der Waals surface area contributed by atoms with Crippen molar-refractivity contribution in [1.82, 2.24) is 0 Å². The summed E-state index contributed by atoms with van der Waals surface area (Å²) in [4.78, 5) is 0. The zero-order valence-corrected chi connectivity index (χ0v) is 3.96. The van der Waals surface area contributed by atoms with Gasteiger partial charge in [0.25, 0.3) is 0 Å². The number of rotatable bonds is 0. The highest BCUT2D eigenvalue weighted by atomic mass is 19.1. The van der Waals surface area contributed by atoms with Gasteiger partial charge in [0, 0.05) is 0 Å². The second kappa shape index (κ2) is 2.71. The number of halogens is 1. The Morgan fingerprint density at radius 1 is 1.67 bits per heavy atom. The highest BCUT2D eigenvalue weighted by Crippen LogP contribution is 1.79. The number of hydrogen-bond donors (Lipinski definition) is 0. The van der Waals surface area contributed by atoms with Crippen molar-refractivity contribution < 1.29 is 4.39 Å². The van der Waals surface area contributed by atoms with Crippen LogP contribution in [0, 0.1) is 11.8 Å². The largest absolute Gasteiger partial charge is 0.234 e. The summed E-state index contributed by atoms with van der Waals surface area (Å²) >= 11 is 0. The van der Waals surface area contributed by atoms with Gasteiger partial charge in [-0.05, 0) is 13.8 Å². The summed E-state index contributed by atoms with van der Waals surface area (Å²) in [5.41, 5.74) is 0. The Morgan fingerprint density at radius 3 is 2.17 bits per heavy atom. The molecular formula is C5H7F. The third-order valence-corrected chi connectivity index (χ3v) is 0.343. The first-order chi connectivity index (χ1) is 2.77. The van der Waals surface area contributed by atoms with E-state index < -0.39 is 6.17 Å². The minimum atomic E-state index is -0.963. The molecule has 0 nitrogen and oxygen atoms in total. The van der Waals surface area contributed by atoms with Crippen LogP contribution in [0.25, 0.3) is 0 Å². The fraction of sp³-hybridized carbons (Fsp3) is 0.600. The zero-order valence-electron chi connectivity index (χ0n) is 3.96. The maximum Gasteiger partial charge on any atom is 0.157 e. The van der Waals surface area contributed by atoms with Crippen molar-refractivity contribution in [3.8, 4) is 11.8 Å². The van der Waals surface area contributed by atoms with E-state index in [0.29, 0.717) is 0 Å². The van der Waals surface area contributed by atoms with Gasteiger partial charge in [0.1, 0.15) is 0 Å². The Bertz CT molecular complexity index is 73.7. The Balaban J connectivity index is 3.20. The molecule has 0 aliphatic carbocycles. The molecule has 0 fully saturated rings.